The van der Waals surface area contributed by atoms with Gasteiger partial charge in [0.15, 0.2) is 6.04 Å². The lowest BCUT2D eigenvalue weighted by Crippen LogP contribution is -2.51. The highest BCUT2D eigenvalue weighted by Gasteiger charge is 2.47. The molecule has 1 N–H and O–H groups in total. The Labute approximate surface area is 215 Å². The van der Waals surface area contributed by atoms with Crippen LogP contribution in [0.5, 0.6) is 0 Å². The highest BCUT2D eigenvalue weighted by atomic mass is 35.5. The Kier molecular flexibility index (Phi) is 8.45. The molecule has 0 radical (unpaired) electrons. The van der Waals surface area contributed by atoms with Crippen molar-refractivity contribution >= 4 is 23.4 Å². The van der Waals surface area contributed by atoms with Crippen molar-refractivity contribution in [2.45, 2.75) is 58.5 Å². The Bertz CT molecular complexity index is 925. The Morgan fingerprint density at radius 2 is 2.09 bits per heavy atom. The monoisotopic (exact) mass is 504 g/mol. The molecule has 1 aliphatic carbocycles. The quantitative estimate of drug-likeness (QED) is 0.311. The van der Waals surface area contributed by atoms with Gasteiger partial charge in [-0.1, -0.05) is 39.3 Å². The molecule has 3 unspecified atom stereocenters. The third kappa shape index (κ3) is 5.25. The lowest BCUT2D eigenvalue weighted by molar-refractivity contribution is -0.410. The van der Waals surface area contributed by atoms with E-state index < -0.39 is 6.04 Å². The number of hydrogen-bond acceptors (Lipinski definition) is 6. The summed E-state index contributed by atoms with van der Waals surface area (Å²) >= 11 is 6.85. The second kappa shape index (κ2) is 11.4. The first kappa shape index (κ1) is 26.0. The number of rotatable bonds is 8. The van der Waals surface area contributed by atoms with Crippen LogP contribution in [0.15, 0.2) is 35.3 Å². The predicted molar refractivity (Wildman–Crippen MR) is 141 cm³/mol. The predicted octanol–water partition coefficient (Wildman–Crippen LogP) is 2.73. The van der Waals surface area contributed by atoms with Crippen molar-refractivity contribution < 1.29 is 9.53 Å². The van der Waals surface area contributed by atoms with E-state index in [1.807, 2.05) is 37.1 Å². The van der Waals surface area contributed by atoms with Gasteiger partial charge in [0.2, 0.25) is 11.4 Å². The highest BCUT2D eigenvalue weighted by molar-refractivity contribution is 6.20. The Morgan fingerprint density at radius 1 is 1.31 bits per heavy atom. The van der Waals surface area contributed by atoms with Gasteiger partial charge in [0.25, 0.3) is 5.91 Å². The normalized spacial score (nSPS) is 27.3. The number of likely N-dealkylation sites (tertiary alicyclic amines) is 1. The van der Waals surface area contributed by atoms with E-state index in [1.54, 1.807) is 0 Å². The first-order valence-electron chi connectivity index (χ1n) is 13.2. The van der Waals surface area contributed by atoms with E-state index in [9.17, 15) is 10.0 Å². The number of hydrogen-bond donors (Lipinski definition) is 1. The van der Waals surface area contributed by atoms with Crippen molar-refractivity contribution in [2.75, 3.05) is 52.9 Å². The molecule has 0 spiro atoms. The Morgan fingerprint density at radius 3 is 2.83 bits per heavy atom. The van der Waals surface area contributed by atoms with Gasteiger partial charge < -0.3 is 20.3 Å². The summed E-state index contributed by atoms with van der Waals surface area (Å²) in [6, 6.07) is -0.217. The van der Waals surface area contributed by atoms with Crippen molar-refractivity contribution in [1.82, 2.24) is 24.4 Å². The number of nitrogens with one attached hydrogen (secondary N) is 1. The summed E-state index contributed by atoms with van der Waals surface area (Å²) in [5.74, 6) is -0.129. The maximum atomic E-state index is 13.6. The minimum absolute atomic E-state index is 0.0276. The average Bonchev–Trinajstić information content (AvgIpc) is 3.10. The molecule has 4 rings (SSSR count). The smallest absolute Gasteiger partial charge is 0.250 e. The zero-order valence-electron chi connectivity index (χ0n) is 21.7. The number of halogens is 1. The molecule has 9 heteroatoms. The highest BCUT2D eigenvalue weighted by Crippen LogP contribution is 2.37. The van der Waals surface area contributed by atoms with Crippen molar-refractivity contribution in [1.29, 1.82) is 0 Å². The first-order chi connectivity index (χ1) is 16.9. The zero-order valence-corrected chi connectivity index (χ0v) is 22.4. The van der Waals surface area contributed by atoms with Crippen molar-refractivity contribution in [3.63, 3.8) is 0 Å². The van der Waals surface area contributed by atoms with Gasteiger partial charge in [-0.15, -0.1) is 0 Å². The number of likely N-dealkylation sites (N-methyl/N-ethyl adjacent to an activating group) is 2. The molecular formula is C26H41ClN6O2. The third-order valence-electron chi connectivity index (χ3n) is 7.92. The fourth-order valence-corrected chi connectivity index (χ4v) is 6.33. The molecule has 0 aromatic rings. The van der Waals surface area contributed by atoms with Crippen LogP contribution < -0.4 is 5.32 Å². The van der Waals surface area contributed by atoms with Crippen LogP contribution in [0.2, 0.25) is 0 Å². The van der Waals surface area contributed by atoms with Gasteiger partial charge in [-0.05, 0) is 38.6 Å². The van der Waals surface area contributed by atoms with Crippen LogP contribution in [0, 0.1) is 11.1 Å². The molecule has 0 saturated carbocycles. The number of piperidine rings is 1. The molecule has 0 aromatic heterocycles. The van der Waals surface area contributed by atoms with E-state index in [-0.39, 0.29) is 11.8 Å². The number of amides is 1. The summed E-state index contributed by atoms with van der Waals surface area (Å²) < 4.78 is 2.49. The van der Waals surface area contributed by atoms with E-state index in [1.165, 1.54) is 23.7 Å². The maximum Gasteiger partial charge on any atom is 0.250 e. The molecule has 1 fully saturated rings. The second-order valence-electron chi connectivity index (χ2n) is 10.2. The molecular weight excluding hydrogens is 464 g/mol. The molecule has 35 heavy (non-hydrogen) atoms. The standard InChI is InChI=1S/C26H41ClN6O2/c1-5-30(6-2)18-20-11-9-10-15-31(20)16-14-28-26(34)25-24-23(19(3)17-29(24)4)33(35)22-13-8-7-12-21(22)32(25)27/h7-8,12,19-20,25H,5-6,9-11,13-18H2,1-4H3,(H,28,34). The molecule has 1 amide bonds. The van der Waals surface area contributed by atoms with Crippen LogP contribution in [0.25, 0.3) is 0 Å². The van der Waals surface area contributed by atoms with E-state index in [0.717, 1.165) is 37.5 Å². The van der Waals surface area contributed by atoms with Crippen molar-refractivity contribution in [3.8, 4) is 0 Å². The average molecular weight is 505 g/mol. The van der Waals surface area contributed by atoms with Gasteiger partial charge in [-0.2, -0.15) is 4.74 Å². The fourth-order valence-electron chi connectivity index (χ4n) is 6.00. The van der Waals surface area contributed by atoms with Crippen LogP contribution in [0.1, 0.15) is 46.5 Å². The number of carbonyl (C=O) groups excluding carboxylic acids is 1. The lowest BCUT2D eigenvalue weighted by atomic mass is 10.0. The largest absolute Gasteiger partial charge is 0.618 e. The van der Waals surface area contributed by atoms with E-state index >= 15 is 0 Å². The first-order valence-corrected chi connectivity index (χ1v) is 13.6. The molecule has 194 valence electrons. The van der Waals surface area contributed by atoms with Crippen LogP contribution in [-0.2, 0) is 4.79 Å². The van der Waals surface area contributed by atoms with E-state index in [4.69, 9.17) is 11.8 Å². The number of hydroxylamine groups is 1. The summed E-state index contributed by atoms with van der Waals surface area (Å²) in [6.45, 7) is 12.8. The van der Waals surface area contributed by atoms with Crippen LogP contribution >= 0.6 is 11.8 Å². The van der Waals surface area contributed by atoms with Crippen molar-refractivity contribution in [3.05, 3.63) is 40.5 Å². The van der Waals surface area contributed by atoms with E-state index in [2.05, 4.69) is 29.0 Å². The lowest BCUT2D eigenvalue weighted by Gasteiger charge is -2.38. The number of allylic oxidation sites excluding steroid dienone is 4. The van der Waals surface area contributed by atoms with Gasteiger partial charge in [-0.25, -0.2) is 0 Å². The number of nitrogens with zero attached hydrogens (tertiary/aromatic N) is 5. The number of fused-ring (bicyclic) bond motifs is 1. The van der Waals surface area contributed by atoms with Gasteiger partial charge in [0.1, 0.15) is 11.4 Å². The Balaban J connectivity index is 1.49. The molecule has 3 heterocycles. The van der Waals surface area contributed by atoms with E-state index in [0.29, 0.717) is 48.4 Å². The maximum absolute atomic E-state index is 13.6. The van der Waals surface area contributed by atoms with Crippen LogP contribution in [0.4, 0.5) is 0 Å². The second-order valence-corrected chi connectivity index (χ2v) is 10.5. The minimum atomic E-state index is -0.749. The summed E-state index contributed by atoms with van der Waals surface area (Å²) in [5.41, 5.74) is 2.57. The zero-order chi connectivity index (χ0) is 25.1. The molecule has 0 bridgehead atoms. The summed E-state index contributed by atoms with van der Waals surface area (Å²) in [7, 11) is 1.94. The number of carbonyl (C=O) groups is 1. The van der Waals surface area contributed by atoms with Crippen LogP contribution in [0.3, 0.4) is 0 Å². The molecule has 3 aliphatic heterocycles. The van der Waals surface area contributed by atoms with Gasteiger partial charge in [0.05, 0.1) is 12.3 Å². The topological polar surface area (TPSA) is 68.1 Å². The molecule has 3 atom stereocenters. The minimum Gasteiger partial charge on any atom is -0.618 e. The van der Waals surface area contributed by atoms with Gasteiger partial charge >= 0.3 is 0 Å². The van der Waals surface area contributed by atoms with Crippen molar-refractivity contribution in [2.24, 2.45) is 5.92 Å². The van der Waals surface area contributed by atoms with Gasteiger partial charge in [-0.3, -0.25) is 14.1 Å². The molecule has 8 nitrogen and oxygen atoms in total. The van der Waals surface area contributed by atoms with Gasteiger partial charge in [0, 0.05) is 51.0 Å². The van der Waals surface area contributed by atoms with Crippen LogP contribution in [-0.4, -0.2) is 100 Å². The summed E-state index contributed by atoms with van der Waals surface area (Å²) in [6.07, 6.45) is 9.87. The summed E-state index contributed by atoms with van der Waals surface area (Å²) in [4.78, 5) is 20.7. The molecule has 4 aliphatic rings. The Hall–Kier alpha value is -2.03. The SMILES string of the molecule is CCN(CC)CC1CCCCN1CCNC(=O)C1C2=C(C(C)CN2C)[N+]([O-])=C2CC=CC=C2N1Cl. The summed E-state index contributed by atoms with van der Waals surface area (Å²) in [5, 5.41) is 16.6. The fraction of sp³-hybridized carbons (Fsp3) is 0.692. The third-order valence-corrected chi connectivity index (χ3v) is 8.30. The molecule has 0 aromatic carbocycles. The molecule has 1 saturated heterocycles.